The maximum atomic E-state index is 13.6. The summed E-state index contributed by atoms with van der Waals surface area (Å²) in [5.41, 5.74) is 1.79. The van der Waals surface area contributed by atoms with Crippen molar-refractivity contribution < 1.29 is 23.1 Å². The van der Waals surface area contributed by atoms with Gasteiger partial charge in [0.2, 0.25) is 0 Å². The summed E-state index contributed by atoms with van der Waals surface area (Å²) in [7, 11) is 1.75. The van der Waals surface area contributed by atoms with E-state index in [9.17, 15) is 18.0 Å². The molecular weight excluding hydrogens is 549 g/mol. The van der Waals surface area contributed by atoms with Crippen LogP contribution in [0.4, 0.5) is 36.2 Å². The number of aromatic nitrogens is 4. The van der Waals surface area contributed by atoms with E-state index in [0.717, 1.165) is 23.4 Å². The Balaban J connectivity index is 1.58. The molecule has 0 atom stereocenters. The number of nitrogens with zero attached hydrogens (tertiary/aromatic N) is 4. The van der Waals surface area contributed by atoms with Crippen LogP contribution in [0.15, 0.2) is 60.9 Å². The summed E-state index contributed by atoms with van der Waals surface area (Å²) in [5.74, 6) is 1.07. The van der Waals surface area contributed by atoms with Crippen molar-refractivity contribution >= 4 is 35.0 Å². The number of amides is 1. The number of aryl methyl sites for hydroxylation is 2. The molecule has 0 aliphatic carbocycles. The van der Waals surface area contributed by atoms with E-state index in [2.05, 4.69) is 36.3 Å². The number of benzene rings is 2. The molecule has 0 bridgehead atoms. The number of anilines is 4. The minimum Gasteiger partial charge on any atom is -0.395 e. The van der Waals surface area contributed by atoms with Crippen LogP contribution >= 0.6 is 0 Å². The highest BCUT2D eigenvalue weighted by Crippen LogP contribution is 2.32. The van der Waals surface area contributed by atoms with Gasteiger partial charge in [-0.25, -0.2) is 9.97 Å². The monoisotopic (exact) mass is 580 g/mol. The van der Waals surface area contributed by atoms with Crippen molar-refractivity contribution in [2.75, 3.05) is 42.7 Å². The van der Waals surface area contributed by atoms with Crippen LogP contribution < -0.4 is 21.3 Å². The van der Waals surface area contributed by atoms with Crippen molar-refractivity contribution in [1.29, 1.82) is 0 Å². The fourth-order valence-electron chi connectivity index (χ4n) is 4.04. The molecule has 0 radical (unpaired) electrons. The van der Waals surface area contributed by atoms with Crippen molar-refractivity contribution in [2.45, 2.75) is 20.0 Å². The summed E-state index contributed by atoms with van der Waals surface area (Å²) in [4.78, 5) is 21.6. The largest absolute Gasteiger partial charge is 0.416 e. The molecule has 0 saturated heterocycles. The molecule has 2 aromatic carbocycles. The number of alkyl halides is 3. The molecule has 0 aliphatic heterocycles. The molecule has 2 heterocycles. The van der Waals surface area contributed by atoms with E-state index < -0.39 is 17.6 Å². The average molecular weight is 581 g/mol. The van der Waals surface area contributed by atoms with Crippen molar-refractivity contribution in [3.63, 3.8) is 0 Å². The normalized spacial score (nSPS) is 11.6. The second-order valence-electron chi connectivity index (χ2n) is 9.37. The first-order valence-corrected chi connectivity index (χ1v) is 13.0. The van der Waals surface area contributed by atoms with E-state index in [4.69, 9.17) is 5.11 Å². The van der Waals surface area contributed by atoms with Gasteiger partial charge in [-0.15, -0.1) is 0 Å². The highest BCUT2D eigenvalue weighted by Gasteiger charge is 2.31. The van der Waals surface area contributed by atoms with Crippen molar-refractivity contribution in [3.05, 3.63) is 88.9 Å². The van der Waals surface area contributed by atoms with Gasteiger partial charge in [0.1, 0.15) is 18.0 Å². The van der Waals surface area contributed by atoms with Gasteiger partial charge in [0.15, 0.2) is 5.82 Å². The molecule has 0 fully saturated rings. The molecule has 1 amide bonds. The molecule has 10 nitrogen and oxygen atoms in total. The molecule has 0 spiro atoms. The zero-order chi connectivity index (χ0) is 30.3. The molecule has 0 unspecified atom stereocenters. The molecule has 2 aromatic heterocycles. The second-order valence-corrected chi connectivity index (χ2v) is 9.37. The zero-order valence-electron chi connectivity index (χ0n) is 23.3. The number of hydrogen-bond acceptors (Lipinski definition) is 8. The minimum absolute atomic E-state index is 0.0549. The number of hydrogen-bond donors (Lipinski definition) is 5. The van der Waals surface area contributed by atoms with Gasteiger partial charge in [0, 0.05) is 49.2 Å². The van der Waals surface area contributed by atoms with Gasteiger partial charge in [0.25, 0.3) is 5.91 Å². The lowest BCUT2D eigenvalue weighted by Crippen LogP contribution is -2.17. The first kappa shape index (κ1) is 30.2. The van der Waals surface area contributed by atoms with Crippen LogP contribution in [0.3, 0.4) is 0 Å². The molecule has 4 rings (SSSR count). The van der Waals surface area contributed by atoms with Gasteiger partial charge in [-0.3, -0.25) is 4.79 Å². The van der Waals surface area contributed by atoms with Crippen molar-refractivity contribution in [2.24, 2.45) is 0 Å². The first-order chi connectivity index (χ1) is 20.1. The van der Waals surface area contributed by atoms with Gasteiger partial charge in [0.05, 0.1) is 17.9 Å². The molecule has 0 saturated carbocycles. The van der Waals surface area contributed by atoms with Gasteiger partial charge < -0.3 is 26.4 Å². The fraction of sp³-hybridized carbons (Fsp3) is 0.241. The van der Waals surface area contributed by atoms with Gasteiger partial charge in [-0.1, -0.05) is 18.2 Å². The Morgan fingerprint density at radius 3 is 2.62 bits per heavy atom. The number of carbonyl (C=O) groups is 1. The van der Waals surface area contributed by atoms with Crippen LogP contribution in [-0.2, 0) is 6.18 Å². The van der Waals surface area contributed by atoms with E-state index in [0.29, 0.717) is 41.9 Å². The summed E-state index contributed by atoms with van der Waals surface area (Å²) >= 11 is 0. The maximum absolute atomic E-state index is 13.6. The third kappa shape index (κ3) is 7.71. The van der Waals surface area contributed by atoms with Gasteiger partial charge >= 0.3 is 6.18 Å². The molecule has 13 heteroatoms. The molecule has 220 valence electrons. The van der Waals surface area contributed by atoms with Crippen LogP contribution in [-0.4, -0.2) is 57.5 Å². The number of carbonyl (C=O) groups excluding carboxylic acids is 1. The lowest BCUT2D eigenvalue weighted by molar-refractivity contribution is -0.137. The third-order valence-electron chi connectivity index (χ3n) is 6.12. The number of nitrogens with one attached hydrogen (secondary N) is 4. The predicted molar refractivity (Wildman–Crippen MR) is 156 cm³/mol. The third-order valence-corrected chi connectivity index (χ3v) is 6.12. The van der Waals surface area contributed by atoms with E-state index in [1.165, 1.54) is 18.5 Å². The summed E-state index contributed by atoms with van der Waals surface area (Å²) in [5, 5.41) is 25.3. The summed E-state index contributed by atoms with van der Waals surface area (Å²) < 4.78 is 42.4. The van der Waals surface area contributed by atoms with Gasteiger partial charge in [-0.2, -0.15) is 23.0 Å². The smallest absolute Gasteiger partial charge is 0.395 e. The van der Waals surface area contributed by atoms with E-state index in [1.807, 2.05) is 19.9 Å². The average Bonchev–Trinajstić information content (AvgIpc) is 3.33. The maximum Gasteiger partial charge on any atom is 0.416 e. The van der Waals surface area contributed by atoms with Crippen molar-refractivity contribution in [3.8, 4) is 5.82 Å². The lowest BCUT2D eigenvalue weighted by Gasteiger charge is -2.14. The molecule has 5 N–H and O–H groups in total. The Bertz CT molecular complexity index is 1580. The molecule has 42 heavy (non-hydrogen) atoms. The van der Waals surface area contributed by atoms with E-state index in [1.54, 1.807) is 42.1 Å². The van der Waals surface area contributed by atoms with Crippen LogP contribution in [0.5, 0.6) is 0 Å². The summed E-state index contributed by atoms with van der Waals surface area (Å²) in [6, 6.07) is 11.9. The highest BCUT2D eigenvalue weighted by molar-refractivity contribution is 6.05. The predicted octanol–water partition coefficient (Wildman–Crippen LogP) is 4.93. The Kier molecular flexibility index (Phi) is 9.55. The Hall–Kier alpha value is -4.75. The number of rotatable bonds is 11. The van der Waals surface area contributed by atoms with Crippen LogP contribution in [0.2, 0.25) is 0 Å². The molecule has 4 aromatic rings. The SMILES string of the molecule is CNc1cc(-n2nc(C)cc2Nc2cc(NC(=O)c3cc(/C=C/CNCCO)cc(C(F)(F)F)c3)ccc2C)ncn1. The lowest BCUT2D eigenvalue weighted by atomic mass is 10.0. The Morgan fingerprint density at radius 2 is 1.88 bits per heavy atom. The highest BCUT2D eigenvalue weighted by atomic mass is 19.4. The first-order valence-electron chi connectivity index (χ1n) is 13.0. The number of halogens is 3. The van der Waals surface area contributed by atoms with Gasteiger partial charge in [-0.05, 0) is 55.3 Å². The van der Waals surface area contributed by atoms with E-state index in [-0.39, 0.29) is 17.7 Å². The molecule has 0 aliphatic rings. The zero-order valence-corrected chi connectivity index (χ0v) is 23.3. The topological polar surface area (TPSA) is 129 Å². The standard InChI is InChI=1S/C29H31F3N8O2/c1-18-6-7-23(15-24(18)38-27-11-19(2)39-40(27)26-16-25(33-3)35-17-36-26)37-28(42)21-12-20(5-4-8-34-9-10-41)13-22(14-21)29(30,31)32/h4-7,11-17,34,38,41H,8-10H2,1-3H3,(H,37,42)(H,33,35,36)/b5-4+. The second kappa shape index (κ2) is 13.3. The number of aliphatic hydroxyl groups is 1. The Labute approximate surface area is 240 Å². The minimum atomic E-state index is -4.63. The van der Waals surface area contributed by atoms with Crippen molar-refractivity contribution in [1.82, 2.24) is 25.1 Å². The number of aliphatic hydroxyl groups excluding tert-OH is 1. The van der Waals surface area contributed by atoms with Crippen LogP contribution in [0, 0.1) is 13.8 Å². The molecular formula is C29H31F3N8O2. The van der Waals surface area contributed by atoms with Crippen LogP contribution in [0.25, 0.3) is 11.9 Å². The Morgan fingerprint density at radius 1 is 1.07 bits per heavy atom. The van der Waals surface area contributed by atoms with E-state index >= 15 is 0 Å². The van der Waals surface area contributed by atoms with Crippen LogP contribution in [0.1, 0.15) is 32.7 Å². The fourth-order valence-corrected chi connectivity index (χ4v) is 4.04. The quantitative estimate of drug-likeness (QED) is 0.158. The summed E-state index contributed by atoms with van der Waals surface area (Å²) in [6.45, 7) is 4.37. The summed E-state index contributed by atoms with van der Waals surface area (Å²) in [6.07, 6.45) is -0.0922.